The van der Waals surface area contributed by atoms with Crippen LogP contribution in [0.25, 0.3) is 27.4 Å². The Morgan fingerprint density at radius 2 is 1.80 bits per heavy atom. The van der Waals surface area contributed by atoms with Gasteiger partial charge in [0, 0.05) is 28.9 Å². The summed E-state index contributed by atoms with van der Waals surface area (Å²) >= 11 is 1.46. The molecule has 0 saturated carbocycles. The summed E-state index contributed by atoms with van der Waals surface area (Å²) in [6.07, 6.45) is 3.53. The molecule has 1 N–H and O–H groups in total. The number of furan rings is 1. The first-order valence-corrected chi connectivity index (χ1v) is 11.5. The summed E-state index contributed by atoms with van der Waals surface area (Å²) in [5.74, 6) is -0.740. The molecule has 0 aliphatic carbocycles. The van der Waals surface area contributed by atoms with Crippen LogP contribution in [0.1, 0.15) is 11.3 Å². The number of nitriles is 1. The number of hydrogen-bond acceptors (Lipinski definition) is 7. The van der Waals surface area contributed by atoms with Gasteiger partial charge < -0.3 is 9.15 Å². The monoisotopic (exact) mass is 482 g/mol. The molecule has 9 heteroatoms. The molecule has 1 amide bonds. The first kappa shape index (κ1) is 22.1. The molecule has 0 aliphatic heterocycles. The minimum absolute atomic E-state index is 0.000550. The minimum Gasteiger partial charge on any atom is -0.455 e. The first-order chi connectivity index (χ1) is 17.1. The lowest BCUT2D eigenvalue weighted by Crippen LogP contribution is -2.21. The molecule has 35 heavy (non-hydrogen) atoms. The number of rotatable bonds is 7. The van der Waals surface area contributed by atoms with Crippen molar-refractivity contribution in [1.29, 1.82) is 5.26 Å². The smallest absolute Gasteiger partial charge is 0.312 e. The molecule has 0 aliphatic rings. The van der Waals surface area contributed by atoms with Gasteiger partial charge in [0.05, 0.1) is 12.1 Å². The summed E-state index contributed by atoms with van der Waals surface area (Å²) in [5.41, 5.74) is 2.85. The Kier molecular flexibility index (Phi) is 6.11. The highest BCUT2D eigenvalue weighted by Crippen LogP contribution is 2.41. The number of thiazole rings is 1. The number of esters is 1. The number of nitrogens with one attached hydrogen (secondary N) is 1. The van der Waals surface area contributed by atoms with Crippen molar-refractivity contribution in [3.8, 4) is 28.5 Å². The van der Waals surface area contributed by atoms with E-state index in [0.29, 0.717) is 17.0 Å². The molecule has 3 heterocycles. The lowest BCUT2D eigenvalue weighted by atomic mass is 9.98. The van der Waals surface area contributed by atoms with E-state index in [4.69, 9.17) is 9.15 Å². The number of hydrogen-bond donors (Lipinski definition) is 1. The summed E-state index contributed by atoms with van der Waals surface area (Å²) < 4.78 is 12.9. The molecule has 0 radical (unpaired) electrons. The fourth-order valence-corrected chi connectivity index (χ4v) is 4.39. The predicted molar refractivity (Wildman–Crippen MR) is 131 cm³/mol. The van der Waals surface area contributed by atoms with Crippen molar-refractivity contribution in [3.05, 3.63) is 89.7 Å². The van der Waals surface area contributed by atoms with Crippen LogP contribution in [0, 0.1) is 11.3 Å². The normalized spacial score (nSPS) is 10.7. The van der Waals surface area contributed by atoms with E-state index in [1.165, 1.54) is 11.3 Å². The molecule has 2 aromatic carbocycles. The Hall–Kier alpha value is -4.68. The Bertz CT molecular complexity index is 1520. The maximum atomic E-state index is 12.6. The third kappa shape index (κ3) is 4.69. The van der Waals surface area contributed by atoms with E-state index < -0.39 is 18.5 Å². The van der Waals surface area contributed by atoms with Crippen molar-refractivity contribution in [2.24, 2.45) is 0 Å². The van der Waals surface area contributed by atoms with Gasteiger partial charge in [-0.15, -0.1) is 11.3 Å². The van der Waals surface area contributed by atoms with Crippen molar-refractivity contribution < 1.29 is 18.7 Å². The molecule has 0 fully saturated rings. The number of amides is 1. The molecule has 3 aromatic heterocycles. The Morgan fingerprint density at radius 3 is 2.49 bits per heavy atom. The summed E-state index contributed by atoms with van der Waals surface area (Å²) in [7, 11) is 0. The number of carbonyl (C=O) groups is 2. The maximum Gasteiger partial charge on any atom is 0.312 e. The van der Waals surface area contributed by atoms with E-state index in [2.05, 4.69) is 16.4 Å². The van der Waals surface area contributed by atoms with Crippen LogP contribution in [0.4, 0.5) is 5.88 Å². The standard InChI is InChI=1S/C26H18N4O4S/c27-14-20-23(17-7-3-1-4-8-17)24(18-9-5-2-6-10-18)34-25(20)29-21(31)16-33-22(32)13-19-15-30-11-12-35-26(30)28-19/h1-12,15H,13,16H2,(H,29,31). The SMILES string of the molecule is N#Cc1c(NC(=O)COC(=O)Cc2cn3ccsc3n2)oc(-c2ccccc2)c1-c1ccccc1. The zero-order chi connectivity index (χ0) is 24.2. The highest BCUT2D eigenvalue weighted by molar-refractivity contribution is 7.15. The fraction of sp³-hybridized carbons (Fsp3) is 0.0769. The molecular weight excluding hydrogens is 464 g/mol. The summed E-state index contributed by atoms with van der Waals surface area (Å²) in [4.78, 5) is 29.9. The number of fused-ring (bicyclic) bond motifs is 1. The number of ether oxygens (including phenoxy) is 1. The number of anilines is 1. The molecule has 5 rings (SSSR count). The lowest BCUT2D eigenvalue weighted by Gasteiger charge is -2.04. The molecule has 0 atom stereocenters. The number of imidazole rings is 1. The second-order valence-corrected chi connectivity index (χ2v) is 8.44. The highest BCUT2D eigenvalue weighted by Gasteiger charge is 2.24. The van der Waals surface area contributed by atoms with Crippen molar-refractivity contribution in [2.75, 3.05) is 11.9 Å². The zero-order valence-corrected chi connectivity index (χ0v) is 19.1. The molecular formula is C26H18N4O4S. The highest BCUT2D eigenvalue weighted by atomic mass is 32.1. The number of benzene rings is 2. The zero-order valence-electron chi connectivity index (χ0n) is 18.3. The second-order valence-electron chi connectivity index (χ2n) is 7.56. The van der Waals surface area contributed by atoms with Crippen LogP contribution >= 0.6 is 11.3 Å². The van der Waals surface area contributed by atoms with Crippen LogP contribution in [0.5, 0.6) is 0 Å². The summed E-state index contributed by atoms with van der Waals surface area (Å²) in [6, 6.07) is 20.8. The van der Waals surface area contributed by atoms with Gasteiger partial charge in [0.25, 0.3) is 5.91 Å². The van der Waals surface area contributed by atoms with Crippen molar-refractivity contribution in [1.82, 2.24) is 9.38 Å². The molecule has 8 nitrogen and oxygen atoms in total. The van der Waals surface area contributed by atoms with Gasteiger partial charge in [0.15, 0.2) is 11.6 Å². The number of nitrogens with zero attached hydrogens (tertiary/aromatic N) is 3. The summed E-state index contributed by atoms with van der Waals surface area (Å²) in [5, 5.41) is 14.4. The van der Waals surface area contributed by atoms with Gasteiger partial charge in [-0.05, 0) is 5.56 Å². The van der Waals surface area contributed by atoms with E-state index in [9.17, 15) is 14.9 Å². The average molecular weight is 483 g/mol. The average Bonchev–Trinajstić information content (AvgIpc) is 3.57. The fourth-order valence-electron chi connectivity index (χ4n) is 3.67. The van der Waals surface area contributed by atoms with E-state index in [1.54, 1.807) is 6.20 Å². The van der Waals surface area contributed by atoms with Gasteiger partial charge in [-0.2, -0.15) is 5.26 Å². The molecule has 5 aromatic rings. The third-order valence-corrected chi connectivity index (χ3v) is 5.98. The quantitative estimate of drug-likeness (QED) is 0.330. The summed E-state index contributed by atoms with van der Waals surface area (Å²) in [6.45, 7) is -0.520. The molecule has 0 spiro atoms. The first-order valence-electron chi connectivity index (χ1n) is 10.7. The number of aromatic nitrogens is 2. The van der Waals surface area contributed by atoms with Gasteiger partial charge in [-0.25, -0.2) is 4.98 Å². The Labute approximate surface area is 204 Å². The van der Waals surface area contributed by atoms with Crippen molar-refractivity contribution >= 4 is 34.1 Å². The molecule has 0 saturated heterocycles. The van der Waals surface area contributed by atoms with Gasteiger partial charge in [-0.1, -0.05) is 60.7 Å². The maximum absolute atomic E-state index is 12.6. The van der Waals surface area contributed by atoms with E-state index >= 15 is 0 Å². The Balaban J connectivity index is 1.33. The topological polar surface area (TPSA) is 110 Å². The van der Waals surface area contributed by atoms with Crippen LogP contribution < -0.4 is 5.32 Å². The largest absolute Gasteiger partial charge is 0.455 e. The van der Waals surface area contributed by atoms with Crippen LogP contribution in [-0.2, 0) is 20.7 Å². The predicted octanol–water partition coefficient (Wildman–Crippen LogP) is 4.92. The minimum atomic E-state index is -0.617. The van der Waals surface area contributed by atoms with Gasteiger partial charge >= 0.3 is 5.97 Å². The molecule has 172 valence electrons. The van der Waals surface area contributed by atoms with Crippen molar-refractivity contribution in [2.45, 2.75) is 6.42 Å². The van der Waals surface area contributed by atoms with Crippen LogP contribution in [0.2, 0.25) is 0 Å². The van der Waals surface area contributed by atoms with Crippen LogP contribution in [-0.4, -0.2) is 27.9 Å². The van der Waals surface area contributed by atoms with Gasteiger partial charge in [-0.3, -0.25) is 19.3 Å². The van der Waals surface area contributed by atoms with E-state index in [1.807, 2.05) is 76.6 Å². The van der Waals surface area contributed by atoms with Gasteiger partial charge in [0.2, 0.25) is 5.88 Å². The molecule has 0 bridgehead atoms. The van der Waals surface area contributed by atoms with Crippen LogP contribution in [0.15, 0.2) is 82.9 Å². The van der Waals surface area contributed by atoms with E-state index in [0.717, 1.165) is 16.1 Å². The van der Waals surface area contributed by atoms with E-state index in [-0.39, 0.29) is 17.9 Å². The van der Waals surface area contributed by atoms with Crippen molar-refractivity contribution in [3.63, 3.8) is 0 Å². The second kappa shape index (κ2) is 9.67. The number of carbonyl (C=O) groups excluding carboxylic acids is 2. The lowest BCUT2D eigenvalue weighted by molar-refractivity contribution is -0.146. The third-order valence-electron chi connectivity index (χ3n) is 5.20. The Morgan fingerprint density at radius 1 is 1.09 bits per heavy atom. The molecule has 0 unspecified atom stereocenters. The van der Waals surface area contributed by atoms with Crippen LogP contribution in [0.3, 0.4) is 0 Å². The van der Waals surface area contributed by atoms with Gasteiger partial charge in [0.1, 0.15) is 17.4 Å².